The van der Waals surface area contributed by atoms with Gasteiger partial charge < -0.3 is 19.7 Å². The van der Waals surface area contributed by atoms with Crippen molar-refractivity contribution >= 4 is 11.9 Å². The van der Waals surface area contributed by atoms with E-state index in [-0.39, 0.29) is 0 Å². The van der Waals surface area contributed by atoms with Crippen molar-refractivity contribution in [3.63, 3.8) is 0 Å². The van der Waals surface area contributed by atoms with Crippen molar-refractivity contribution in [1.82, 2.24) is 14.5 Å². The number of aryl methyl sites for hydroxylation is 1. The van der Waals surface area contributed by atoms with Crippen molar-refractivity contribution in [3.8, 4) is 0 Å². The first kappa shape index (κ1) is 54.1. The number of carbonyl (C=O) groups is 2. The molecule has 7 nitrogen and oxygen atoms in total. The Balaban J connectivity index is 2.68. The van der Waals surface area contributed by atoms with Gasteiger partial charge in [-0.25, -0.2) is 4.98 Å². The first-order valence-electron chi connectivity index (χ1n) is 25.4. The SMILES string of the molecule is CCCCCCCCC(CCCCCC)(CCCCCCN(CCCCCCC(CCCCCC)(CCCCCCCC)C(=O)O)CCCCn1ccnc1)C(=O)O. The van der Waals surface area contributed by atoms with Crippen molar-refractivity contribution in [2.24, 2.45) is 10.8 Å². The molecule has 340 valence electrons. The lowest BCUT2D eigenvalue weighted by atomic mass is 9.74. The molecule has 0 fully saturated rings. The summed E-state index contributed by atoms with van der Waals surface area (Å²) in [7, 11) is 0. The highest BCUT2D eigenvalue weighted by Gasteiger charge is 2.37. The van der Waals surface area contributed by atoms with Crippen LogP contribution in [0.1, 0.15) is 259 Å². The molecule has 0 amide bonds. The van der Waals surface area contributed by atoms with E-state index in [9.17, 15) is 19.8 Å². The number of rotatable bonds is 45. The quantitative estimate of drug-likeness (QED) is 0.0637. The van der Waals surface area contributed by atoms with Crippen LogP contribution in [0.15, 0.2) is 18.7 Å². The molecular weight excluding hydrogens is 719 g/mol. The number of nitrogens with zero attached hydrogens (tertiary/aromatic N) is 3. The van der Waals surface area contributed by atoms with Crippen molar-refractivity contribution < 1.29 is 19.8 Å². The molecule has 2 atom stereocenters. The summed E-state index contributed by atoms with van der Waals surface area (Å²) in [5, 5.41) is 21.1. The van der Waals surface area contributed by atoms with E-state index in [4.69, 9.17) is 0 Å². The van der Waals surface area contributed by atoms with E-state index >= 15 is 0 Å². The van der Waals surface area contributed by atoms with Gasteiger partial charge in [-0.3, -0.25) is 9.59 Å². The normalized spacial score (nSPS) is 13.9. The molecule has 0 bridgehead atoms. The van der Waals surface area contributed by atoms with Gasteiger partial charge in [0.1, 0.15) is 0 Å². The Morgan fingerprint density at radius 3 is 1.05 bits per heavy atom. The van der Waals surface area contributed by atoms with Gasteiger partial charge in [0.05, 0.1) is 17.2 Å². The van der Waals surface area contributed by atoms with Crippen LogP contribution >= 0.6 is 0 Å². The van der Waals surface area contributed by atoms with E-state index in [0.29, 0.717) is 0 Å². The minimum Gasteiger partial charge on any atom is -0.481 e. The van der Waals surface area contributed by atoms with Crippen LogP contribution in [0, 0.1) is 10.8 Å². The average Bonchev–Trinajstić information content (AvgIpc) is 3.74. The van der Waals surface area contributed by atoms with Gasteiger partial charge in [0, 0.05) is 18.9 Å². The second-order valence-corrected chi connectivity index (χ2v) is 18.5. The molecule has 1 heterocycles. The molecule has 0 aliphatic carbocycles. The van der Waals surface area contributed by atoms with Gasteiger partial charge in [-0.1, -0.05) is 195 Å². The third-order valence-corrected chi connectivity index (χ3v) is 13.4. The van der Waals surface area contributed by atoms with Crippen LogP contribution in [-0.4, -0.2) is 56.2 Å². The largest absolute Gasteiger partial charge is 0.481 e. The Morgan fingerprint density at radius 1 is 0.448 bits per heavy atom. The van der Waals surface area contributed by atoms with Crippen LogP contribution in [0.25, 0.3) is 0 Å². The number of aliphatic carboxylic acids is 2. The van der Waals surface area contributed by atoms with E-state index in [0.717, 1.165) is 135 Å². The maximum atomic E-state index is 12.8. The molecule has 7 heteroatoms. The maximum Gasteiger partial charge on any atom is 0.309 e. The van der Waals surface area contributed by atoms with Crippen LogP contribution in [-0.2, 0) is 16.1 Å². The minimum absolute atomic E-state index is 0.535. The Hall–Kier alpha value is -1.89. The van der Waals surface area contributed by atoms with Gasteiger partial charge in [0.15, 0.2) is 0 Å². The molecular formula is C51H97N3O4. The number of aromatic nitrogens is 2. The molecule has 0 aliphatic rings. The first-order chi connectivity index (χ1) is 28.3. The standard InChI is InChI=1S/C51H97N3O4/c1-5-9-13-17-19-27-37-50(48(55)56,35-25-15-11-7-3)39-29-21-23-31-42-53(44-33-34-45-54-46-41-52-47-54)43-32-24-22-30-40-51(49(57)58,36-26-16-12-8-4)38-28-20-18-14-10-6-2/h41,46-47H,5-40,42-45H2,1-4H3,(H,55,56)(H,57,58). The summed E-state index contributed by atoms with van der Waals surface area (Å²) in [5.41, 5.74) is -1.07. The lowest BCUT2D eigenvalue weighted by Gasteiger charge is -2.30. The van der Waals surface area contributed by atoms with Gasteiger partial charge in [0.25, 0.3) is 0 Å². The zero-order valence-corrected chi connectivity index (χ0v) is 39.1. The minimum atomic E-state index is -0.544. The summed E-state index contributed by atoms with van der Waals surface area (Å²) >= 11 is 0. The molecule has 1 aromatic heterocycles. The number of carboxylic acid groups (broad SMARTS) is 2. The number of imidazole rings is 1. The molecule has 0 saturated heterocycles. The predicted octanol–water partition coefficient (Wildman–Crippen LogP) is 15.5. The number of carboxylic acids is 2. The van der Waals surface area contributed by atoms with Crippen LogP contribution in [0.3, 0.4) is 0 Å². The molecule has 0 aromatic carbocycles. The number of unbranched alkanes of at least 4 members (excludes halogenated alkanes) is 23. The average molecular weight is 816 g/mol. The second kappa shape index (κ2) is 36.9. The fourth-order valence-electron chi connectivity index (χ4n) is 9.35. The third-order valence-electron chi connectivity index (χ3n) is 13.4. The van der Waals surface area contributed by atoms with E-state index in [1.54, 1.807) is 0 Å². The zero-order chi connectivity index (χ0) is 42.4. The Labute approximate surface area is 359 Å². The molecule has 1 aromatic rings. The van der Waals surface area contributed by atoms with E-state index < -0.39 is 22.8 Å². The van der Waals surface area contributed by atoms with Crippen molar-refractivity contribution in [2.75, 3.05) is 19.6 Å². The second-order valence-electron chi connectivity index (χ2n) is 18.5. The van der Waals surface area contributed by atoms with Gasteiger partial charge >= 0.3 is 11.9 Å². The van der Waals surface area contributed by atoms with Crippen molar-refractivity contribution in [1.29, 1.82) is 0 Å². The molecule has 0 saturated carbocycles. The molecule has 0 spiro atoms. The van der Waals surface area contributed by atoms with Crippen LogP contribution in [0.2, 0.25) is 0 Å². The van der Waals surface area contributed by atoms with Gasteiger partial charge in [-0.2, -0.15) is 0 Å². The fourth-order valence-corrected chi connectivity index (χ4v) is 9.35. The zero-order valence-electron chi connectivity index (χ0n) is 39.1. The molecule has 0 aliphatic heterocycles. The summed E-state index contributed by atoms with van der Waals surface area (Å²) in [5.74, 6) is -1.09. The van der Waals surface area contributed by atoms with Crippen LogP contribution < -0.4 is 0 Å². The van der Waals surface area contributed by atoms with Gasteiger partial charge in [-0.15, -0.1) is 0 Å². The molecule has 58 heavy (non-hydrogen) atoms. The highest BCUT2D eigenvalue weighted by molar-refractivity contribution is 5.75. The highest BCUT2D eigenvalue weighted by atomic mass is 16.4. The summed E-state index contributed by atoms with van der Waals surface area (Å²) in [4.78, 5) is 32.5. The third kappa shape index (κ3) is 26.3. The van der Waals surface area contributed by atoms with Gasteiger partial charge in [0.2, 0.25) is 0 Å². The van der Waals surface area contributed by atoms with Crippen LogP contribution in [0.4, 0.5) is 0 Å². The fraction of sp³-hybridized carbons (Fsp3) is 0.902. The predicted molar refractivity (Wildman–Crippen MR) is 248 cm³/mol. The molecule has 1 rings (SSSR count). The Kier molecular flexibility index (Phi) is 34.5. The summed E-state index contributed by atoms with van der Waals surface area (Å²) in [6.07, 6.45) is 45.9. The van der Waals surface area contributed by atoms with Crippen molar-refractivity contribution in [2.45, 2.75) is 265 Å². The molecule has 0 radical (unpaired) electrons. The monoisotopic (exact) mass is 816 g/mol. The maximum absolute atomic E-state index is 12.8. The smallest absolute Gasteiger partial charge is 0.309 e. The lowest BCUT2D eigenvalue weighted by molar-refractivity contribution is -0.151. The summed E-state index contributed by atoms with van der Waals surface area (Å²) in [6.45, 7) is 13.3. The van der Waals surface area contributed by atoms with Crippen molar-refractivity contribution in [3.05, 3.63) is 18.7 Å². The molecule has 2 unspecified atom stereocenters. The van der Waals surface area contributed by atoms with E-state index in [1.165, 1.54) is 122 Å². The first-order valence-corrected chi connectivity index (χ1v) is 25.4. The Bertz CT molecular complexity index is 1000. The number of hydrogen-bond acceptors (Lipinski definition) is 4. The van der Waals surface area contributed by atoms with Crippen LogP contribution in [0.5, 0.6) is 0 Å². The van der Waals surface area contributed by atoms with E-state index in [2.05, 4.69) is 42.1 Å². The number of hydrogen-bond donors (Lipinski definition) is 2. The lowest BCUT2D eigenvalue weighted by Crippen LogP contribution is -2.31. The van der Waals surface area contributed by atoms with E-state index in [1.807, 2.05) is 18.7 Å². The van der Waals surface area contributed by atoms with Gasteiger partial charge in [-0.05, 0) is 83.8 Å². The summed E-state index contributed by atoms with van der Waals surface area (Å²) < 4.78 is 2.17. The highest BCUT2D eigenvalue weighted by Crippen LogP contribution is 2.39. The topological polar surface area (TPSA) is 95.7 Å². The summed E-state index contributed by atoms with van der Waals surface area (Å²) in [6, 6.07) is 0. The Morgan fingerprint density at radius 2 is 0.741 bits per heavy atom. The molecule has 2 N–H and O–H groups in total.